The van der Waals surface area contributed by atoms with Gasteiger partial charge in [0.05, 0.1) is 17.9 Å². The third-order valence-electron chi connectivity index (χ3n) is 3.84. The smallest absolute Gasteiger partial charge is 0.307 e. The molecule has 25 heavy (non-hydrogen) atoms. The van der Waals surface area contributed by atoms with Crippen LogP contribution in [-0.4, -0.2) is 39.4 Å². The van der Waals surface area contributed by atoms with Gasteiger partial charge in [-0.15, -0.1) is 0 Å². The molecule has 138 valence electrons. The maximum atomic E-state index is 12.2. The zero-order valence-electron chi connectivity index (χ0n) is 14.2. The van der Waals surface area contributed by atoms with Crippen molar-refractivity contribution < 1.29 is 27.5 Å². The van der Waals surface area contributed by atoms with Gasteiger partial charge < -0.3 is 9.47 Å². The number of carbonyl (C=O) groups is 2. The Morgan fingerprint density at radius 2 is 1.96 bits per heavy atom. The SMILES string of the molecule is CCOc1ccc(S(=O)(=O)NCCC(=O)O[C@H]2CCCCC2=O)cc1. The molecule has 1 aromatic carbocycles. The van der Waals surface area contributed by atoms with E-state index in [4.69, 9.17) is 9.47 Å². The Balaban J connectivity index is 1.81. The van der Waals surface area contributed by atoms with Crippen LogP contribution < -0.4 is 9.46 Å². The van der Waals surface area contributed by atoms with E-state index < -0.39 is 22.1 Å². The molecule has 0 bridgehead atoms. The fourth-order valence-electron chi connectivity index (χ4n) is 2.55. The molecule has 1 fully saturated rings. The Kier molecular flexibility index (Phi) is 6.95. The minimum absolute atomic E-state index is 0.0606. The van der Waals surface area contributed by atoms with Crippen molar-refractivity contribution in [2.45, 2.75) is 50.0 Å². The van der Waals surface area contributed by atoms with Crippen molar-refractivity contribution in [3.05, 3.63) is 24.3 Å². The van der Waals surface area contributed by atoms with Gasteiger partial charge in [0.2, 0.25) is 10.0 Å². The topological polar surface area (TPSA) is 98.8 Å². The Bertz CT molecular complexity index is 698. The van der Waals surface area contributed by atoms with Crippen molar-refractivity contribution in [2.24, 2.45) is 0 Å². The van der Waals surface area contributed by atoms with E-state index in [1.807, 2.05) is 6.92 Å². The molecule has 1 N–H and O–H groups in total. The summed E-state index contributed by atoms with van der Waals surface area (Å²) in [5, 5.41) is 0. The highest BCUT2D eigenvalue weighted by atomic mass is 32.2. The van der Waals surface area contributed by atoms with E-state index in [0.717, 1.165) is 12.8 Å². The number of hydrogen-bond acceptors (Lipinski definition) is 6. The molecule has 1 aromatic rings. The Labute approximate surface area is 147 Å². The first-order valence-electron chi connectivity index (χ1n) is 8.37. The van der Waals surface area contributed by atoms with E-state index in [9.17, 15) is 18.0 Å². The monoisotopic (exact) mass is 369 g/mol. The molecule has 0 heterocycles. The molecule has 0 amide bonds. The molecular formula is C17H23NO6S. The highest BCUT2D eigenvalue weighted by molar-refractivity contribution is 7.89. The van der Waals surface area contributed by atoms with E-state index in [2.05, 4.69) is 4.72 Å². The van der Waals surface area contributed by atoms with Gasteiger partial charge in [-0.2, -0.15) is 0 Å². The van der Waals surface area contributed by atoms with E-state index in [1.165, 1.54) is 12.1 Å². The van der Waals surface area contributed by atoms with Gasteiger partial charge in [-0.1, -0.05) is 0 Å². The molecule has 2 rings (SSSR count). The van der Waals surface area contributed by atoms with Crippen LogP contribution in [0.3, 0.4) is 0 Å². The van der Waals surface area contributed by atoms with Crippen LogP contribution in [0.2, 0.25) is 0 Å². The minimum atomic E-state index is -3.71. The highest BCUT2D eigenvalue weighted by Crippen LogP contribution is 2.18. The summed E-state index contributed by atoms with van der Waals surface area (Å²) in [5.41, 5.74) is 0. The molecule has 7 nitrogen and oxygen atoms in total. The van der Waals surface area contributed by atoms with Crippen molar-refractivity contribution in [1.29, 1.82) is 0 Å². The molecule has 8 heteroatoms. The van der Waals surface area contributed by atoms with Crippen molar-refractivity contribution in [2.75, 3.05) is 13.2 Å². The van der Waals surface area contributed by atoms with Gasteiger partial charge in [0.15, 0.2) is 11.9 Å². The van der Waals surface area contributed by atoms with Crippen LogP contribution in [0.25, 0.3) is 0 Å². The van der Waals surface area contributed by atoms with Gasteiger partial charge in [-0.3, -0.25) is 9.59 Å². The number of nitrogens with one attached hydrogen (secondary N) is 1. The maximum absolute atomic E-state index is 12.2. The van der Waals surface area contributed by atoms with Gasteiger partial charge in [0.1, 0.15) is 5.75 Å². The summed E-state index contributed by atoms with van der Waals surface area (Å²) in [6.45, 7) is 2.25. The summed E-state index contributed by atoms with van der Waals surface area (Å²) >= 11 is 0. The lowest BCUT2D eigenvalue weighted by Crippen LogP contribution is -2.32. The second kappa shape index (κ2) is 8.96. The number of carbonyl (C=O) groups excluding carboxylic acids is 2. The molecule has 1 aliphatic rings. The van der Waals surface area contributed by atoms with Gasteiger partial charge in [0.25, 0.3) is 0 Å². The lowest BCUT2D eigenvalue weighted by Gasteiger charge is -2.20. The summed E-state index contributed by atoms with van der Waals surface area (Å²) in [6.07, 6.45) is 1.86. The predicted molar refractivity (Wildman–Crippen MR) is 90.8 cm³/mol. The van der Waals surface area contributed by atoms with E-state index in [-0.39, 0.29) is 23.6 Å². The van der Waals surface area contributed by atoms with Crippen LogP contribution in [0.1, 0.15) is 39.0 Å². The lowest BCUT2D eigenvalue weighted by atomic mass is 9.96. The quantitative estimate of drug-likeness (QED) is 0.702. The largest absolute Gasteiger partial charge is 0.494 e. The second-order valence-electron chi connectivity index (χ2n) is 5.74. The van der Waals surface area contributed by atoms with Crippen LogP contribution >= 0.6 is 0 Å². The van der Waals surface area contributed by atoms with Gasteiger partial charge in [-0.05, 0) is 50.5 Å². The third-order valence-corrected chi connectivity index (χ3v) is 5.32. The molecule has 0 saturated heterocycles. The van der Waals surface area contributed by atoms with Crippen molar-refractivity contribution in [1.82, 2.24) is 4.72 Å². The van der Waals surface area contributed by atoms with Crippen LogP contribution in [0, 0.1) is 0 Å². The average Bonchev–Trinajstić information content (AvgIpc) is 2.58. The number of ketones is 1. The lowest BCUT2D eigenvalue weighted by molar-refractivity contribution is -0.156. The number of rotatable bonds is 8. The van der Waals surface area contributed by atoms with E-state index >= 15 is 0 Å². The zero-order chi connectivity index (χ0) is 18.3. The number of sulfonamides is 1. The fraction of sp³-hybridized carbons (Fsp3) is 0.529. The first-order chi connectivity index (χ1) is 11.9. The van der Waals surface area contributed by atoms with Crippen LogP contribution in [0.15, 0.2) is 29.2 Å². The van der Waals surface area contributed by atoms with Gasteiger partial charge >= 0.3 is 5.97 Å². The second-order valence-corrected chi connectivity index (χ2v) is 7.51. The summed E-state index contributed by atoms with van der Waals surface area (Å²) < 4.78 is 37.1. The van der Waals surface area contributed by atoms with Crippen LogP contribution in [-0.2, 0) is 24.3 Å². The van der Waals surface area contributed by atoms with Crippen molar-refractivity contribution >= 4 is 21.8 Å². The number of hydrogen-bond donors (Lipinski definition) is 1. The molecule has 0 unspecified atom stereocenters. The van der Waals surface area contributed by atoms with Crippen molar-refractivity contribution in [3.8, 4) is 5.75 Å². The predicted octanol–water partition coefficient (Wildman–Crippen LogP) is 1.81. The molecule has 0 aliphatic heterocycles. The third kappa shape index (κ3) is 5.82. The molecular weight excluding hydrogens is 346 g/mol. The first-order valence-corrected chi connectivity index (χ1v) is 9.85. The summed E-state index contributed by atoms with van der Waals surface area (Å²) in [7, 11) is -3.71. The highest BCUT2D eigenvalue weighted by Gasteiger charge is 2.25. The Hall–Kier alpha value is -1.93. The van der Waals surface area contributed by atoms with E-state index in [1.54, 1.807) is 12.1 Å². The molecule has 0 radical (unpaired) electrons. The zero-order valence-corrected chi connectivity index (χ0v) is 15.0. The summed E-state index contributed by atoms with van der Waals surface area (Å²) in [5.74, 6) is -0.0496. The molecule has 1 atom stereocenters. The minimum Gasteiger partial charge on any atom is -0.494 e. The number of Topliss-reactive ketones (excluding diaryl/α,β-unsaturated/α-hetero) is 1. The van der Waals surface area contributed by atoms with E-state index in [0.29, 0.717) is 25.2 Å². The van der Waals surface area contributed by atoms with Crippen LogP contribution in [0.4, 0.5) is 0 Å². The van der Waals surface area contributed by atoms with Gasteiger partial charge in [0, 0.05) is 13.0 Å². The number of esters is 1. The number of benzene rings is 1. The summed E-state index contributed by atoms with van der Waals surface area (Å²) in [6, 6.07) is 6.01. The standard InChI is InChI=1S/C17H23NO6S/c1-2-23-13-7-9-14(10-8-13)25(21,22)18-12-11-17(20)24-16-6-4-3-5-15(16)19/h7-10,16,18H,2-6,11-12H2,1H3/t16-/m0/s1. The summed E-state index contributed by atoms with van der Waals surface area (Å²) in [4.78, 5) is 23.5. The molecule has 0 aromatic heterocycles. The fourth-order valence-corrected chi connectivity index (χ4v) is 3.58. The Morgan fingerprint density at radius 1 is 1.24 bits per heavy atom. The van der Waals surface area contributed by atoms with Crippen molar-refractivity contribution in [3.63, 3.8) is 0 Å². The Morgan fingerprint density at radius 3 is 2.60 bits per heavy atom. The normalized spacial score (nSPS) is 18.0. The number of ether oxygens (including phenoxy) is 2. The van der Waals surface area contributed by atoms with Gasteiger partial charge in [-0.25, -0.2) is 13.1 Å². The molecule has 0 spiro atoms. The molecule has 1 aliphatic carbocycles. The maximum Gasteiger partial charge on any atom is 0.307 e. The molecule has 1 saturated carbocycles. The first kappa shape index (κ1) is 19.4. The average molecular weight is 369 g/mol. The van der Waals surface area contributed by atoms with Crippen LogP contribution in [0.5, 0.6) is 5.75 Å².